The van der Waals surface area contributed by atoms with Gasteiger partial charge >= 0.3 is 0 Å². The summed E-state index contributed by atoms with van der Waals surface area (Å²) < 4.78 is 1.29. The summed E-state index contributed by atoms with van der Waals surface area (Å²) in [5.74, 6) is 1.29. The second kappa shape index (κ2) is 7.69. The molecule has 1 aromatic rings. The van der Waals surface area contributed by atoms with Crippen LogP contribution in [0.4, 0.5) is 10.1 Å². The molecule has 0 aromatic carbocycles. The van der Waals surface area contributed by atoms with Crippen LogP contribution >= 0.6 is 11.3 Å². The van der Waals surface area contributed by atoms with Gasteiger partial charge in [0.1, 0.15) is 11.0 Å². The maximum Gasteiger partial charge on any atom is 0.251 e. The summed E-state index contributed by atoms with van der Waals surface area (Å²) in [6.07, 6.45) is 13.5. The number of quaternary nitrogens is 1. The van der Waals surface area contributed by atoms with E-state index in [-0.39, 0.29) is 5.91 Å². The maximum atomic E-state index is 12.7. The number of aromatic nitrogens is 1. The number of anilines is 2. The van der Waals surface area contributed by atoms with Gasteiger partial charge in [-0.1, -0.05) is 37.2 Å². The fourth-order valence-electron chi connectivity index (χ4n) is 6.69. The summed E-state index contributed by atoms with van der Waals surface area (Å²) in [5, 5.41) is 4.99. The average Bonchev–Trinajstić information content (AvgIpc) is 3.44. The molecule has 158 valence electrons. The topological polar surface area (TPSA) is 45.2 Å². The number of hydrogen-bond donors (Lipinski definition) is 1. The number of likely N-dealkylation sites (N-methyl/N-ethyl adjacent to an activating group) is 1. The van der Waals surface area contributed by atoms with Crippen molar-refractivity contribution in [1.29, 1.82) is 0 Å². The first kappa shape index (κ1) is 19.6. The Morgan fingerprint density at radius 3 is 2.90 bits per heavy atom. The molecule has 1 aromatic heterocycles. The van der Waals surface area contributed by atoms with E-state index >= 15 is 0 Å². The van der Waals surface area contributed by atoms with E-state index in [0.29, 0.717) is 5.92 Å². The van der Waals surface area contributed by atoms with E-state index in [9.17, 15) is 4.79 Å². The molecule has 5 rings (SSSR count). The normalized spacial score (nSPS) is 34.7. The van der Waals surface area contributed by atoms with Gasteiger partial charge in [-0.2, -0.15) is 0 Å². The van der Waals surface area contributed by atoms with Crippen molar-refractivity contribution in [2.75, 3.05) is 36.9 Å². The molecule has 6 heteroatoms. The first-order valence-electron chi connectivity index (χ1n) is 11.6. The molecule has 29 heavy (non-hydrogen) atoms. The van der Waals surface area contributed by atoms with Crippen LogP contribution in [0.25, 0.3) is 0 Å². The van der Waals surface area contributed by atoms with Crippen LogP contribution in [0, 0.1) is 11.8 Å². The number of carbonyl (C=O) groups excluding carboxylic acids is 1. The molecule has 2 aliphatic carbocycles. The lowest BCUT2D eigenvalue weighted by molar-refractivity contribution is -0.944. The first-order chi connectivity index (χ1) is 14.0. The molecule has 4 unspecified atom stereocenters. The van der Waals surface area contributed by atoms with Crippen LogP contribution in [-0.2, 0) is 4.79 Å². The van der Waals surface area contributed by atoms with Crippen molar-refractivity contribution < 1.29 is 9.28 Å². The molecule has 5 nitrogen and oxygen atoms in total. The predicted octanol–water partition coefficient (Wildman–Crippen LogP) is 4.43. The summed E-state index contributed by atoms with van der Waals surface area (Å²) in [6.45, 7) is 7.52. The first-order valence-corrected chi connectivity index (χ1v) is 12.4. The molecule has 3 heterocycles. The Morgan fingerprint density at radius 1 is 1.24 bits per heavy atom. The van der Waals surface area contributed by atoms with E-state index in [4.69, 9.17) is 0 Å². The number of nitrogens with one attached hydrogen (secondary N) is 1. The zero-order valence-corrected chi connectivity index (χ0v) is 18.6. The van der Waals surface area contributed by atoms with Gasteiger partial charge in [-0.3, -0.25) is 4.79 Å². The van der Waals surface area contributed by atoms with E-state index in [2.05, 4.69) is 28.8 Å². The molecule has 4 atom stereocenters. The van der Waals surface area contributed by atoms with Crippen LogP contribution < -0.4 is 10.2 Å². The van der Waals surface area contributed by atoms with Crippen molar-refractivity contribution in [2.45, 2.75) is 69.9 Å². The summed E-state index contributed by atoms with van der Waals surface area (Å²) in [7, 11) is 2.50. The van der Waals surface area contributed by atoms with E-state index in [0.717, 1.165) is 59.6 Å². The number of rotatable bonds is 4. The molecule has 0 radical (unpaired) electrons. The Bertz CT molecular complexity index is 786. The highest BCUT2D eigenvalue weighted by Crippen LogP contribution is 2.47. The van der Waals surface area contributed by atoms with Crippen LogP contribution in [0.2, 0.25) is 0 Å². The lowest BCUT2D eigenvalue weighted by atomic mass is 9.84. The van der Waals surface area contributed by atoms with Gasteiger partial charge in [0.2, 0.25) is 0 Å². The zero-order chi connectivity index (χ0) is 20.0. The van der Waals surface area contributed by atoms with Gasteiger partial charge < -0.3 is 14.7 Å². The lowest BCUT2D eigenvalue weighted by Gasteiger charge is -2.47. The molecule has 1 N–H and O–H groups in total. The highest BCUT2D eigenvalue weighted by Gasteiger charge is 2.55. The van der Waals surface area contributed by atoms with Gasteiger partial charge in [0.15, 0.2) is 5.13 Å². The molecule has 4 aliphatic rings. The fraction of sp³-hybridized carbons (Fsp3) is 0.739. The number of piperazine rings is 1. The van der Waals surface area contributed by atoms with Gasteiger partial charge in [0.05, 0.1) is 38.9 Å². The zero-order valence-electron chi connectivity index (χ0n) is 17.7. The Balaban J connectivity index is 1.21. The Labute approximate surface area is 178 Å². The second-order valence-electron chi connectivity index (χ2n) is 9.99. The number of fused-ring (bicyclic) bond motifs is 3. The van der Waals surface area contributed by atoms with E-state index in [1.165, 1.54) is 56.0 Å². The highest BCUT2D eigenvalue weighted by atomic mass is 32.1. The molecular formula is C23H35N4OS+. The molecule has 1 amide bonds. The van der Waals surface area contributed by atoms with E-state index in [1.807, 2.05) is 6.20 Å². The van der Waals surface area contributed by atoms with Crippen molar-refractivity contribution in [2.24, 2.45) is 11.8 Å². The molecule has 4 fully saturated rings. The van der Waals surface area contributed by atoms with Crippen LogP contribution in [0.15, 0.2) is 18.3 Å². The minimum absolute atomic E-state index is 0.0152. The van der Waals surface area contributed by atoms with Crippen LogP contribution in [-0.4, -0.2) is 54.1 Å². The quantitative estimate of drug-likeness (QED) is 0.585. The predicted molar refractivity (Wildman–Crippen MR) is 119 cm³/mol. The number of thiazole rings is 1. The van der Waals surface area contributed by atoms with E-state index in [1.54, 1.807) is 11.3 Å². The Morgan fingerprint density at radius 2 is 2.07 bits per heavy atom. The summed E-state index contributed by atoms with van der Waals surface area (Å²) >= 11 is 1.62. The SMILES string of the molecule is C=C(C(=O)Nc1cnc(N2CC[N+]3(C)C(CC4CCCC43)C2)s1)C1CCCCC1. The molecular weight excluding hydrogens is 380 g/mol. The largest absolute Gasteiger partial charge is 0.336 e. The third-order valence-electron chi connectivity index (χ3n) is 8.46. The molecule has 2 saturated heterocycles. The number of carbonyl (C=O) groups is 1. The maximum absolute atomic E-state index is 12.7. The van der Waals surface area contributed by atoms with Crippen LogP contribution in [0.1, 0.15) is 57.8 Å². The smallest absolute Gasteiger partial charge is 0.251 e. The number of hydrogen-bond acceptors (Lipinski definition) is 4. The molecule has 2 aliphatic heterocycles. The summed E-state index contributed by atoms with van der Waals surface area (Å²) in [4.78, 5) is 19.8. The van der Waals surface area contributed by atoms with Gasteiger partial charge in [0.25, 0.3) is 5.91 Å². The highest BCUT2D eigenvalue weighted by molar-refractivity contribution is 7.19. The van der Waals surface area contributed by atoms with Crippen LogP contribution in [0.3, 0.4) is 0 Å². The van der Waals surface area contributed by atoms with Crippen molar-refractivity contribution >= 4 is 27.4 Å². The average molecular weight is 416 g/mol. The Kier molecular flexibility index (Phi) is 5.19. The van der Waals surface area contributed by atoms with Crippen molar-refractivity contribution in [1.82, 2.24) is 4.98 Å². The van der Waals surface area contributed by atoms with Gasteiger partial charge in [-0.25, -0.2) is 4.98 Å². The third-order valence-corrected chi connectivity index (χ3v) is 9.43. The number of amides is 1. The van der Waals surface area contributed by atoms with Gasteiger partial charge in [0, 0.05) is 17.9 Å². The molecule has 0 spiro atoms. The molecule has 0 bridgehead atoms. The minimum Gasteiger partial charge on any atom is -0.336 e. The summed E-state index contributed by atoms with van der Waals surface area (Å²) in [5.41, 5.74) is 0.753. The molecule has 2 saturated carbocycles. The summed E-state index contributed by atoms with van der Waals surface area (Å²) in [6, 6.07) is 1.64. The van der Waals surface area contributed by atoms with Gasteiger partial charge in [-0.15, -0.1) is 0 Å². The van der Waals surface area contributed by atoms with Crippen molar-refractivity contribution in [3.63, 3.8) is 0 Å². The van der Waals surface area contributed by atoms with Gasteiger partial charge in [-0.05, 0) is 38.0 Å². The Hall–Kier alpha value is -1.40. The number of nitrogens with zero attached hydrogens (tertiary/aromatic N) is 3. The van der Waals surface area contributed by atoms with Crippen LogP contribution in [0.5, 0.6) is 0 Å². The van der Waals surface area contributed by atoms with Crippen molar-refractivity contribution in [3.05, 3.63) is 18.3 Å². The monoisotopic (exact) mass is 415 g/mol. The van der Waals surface area contributed by atoms with E-state index < -0.39 is 0 Å². The standard InChI is InChI=1S/C23H34N4OS/c1-16(17-7-4-3-5-8-17)22(28)25-21-14-24-23(29-21)26-11-12-27(2)19(15-26)13-18-9-6-10-20(18)27/h14,17-20H,1,3-13,15H2,2H3/p+1. The fourth-order valence-corrected chi connectivity index (χ4v) is 7.54. The minimum atomic E-state index is -0.0152. The third kappa shape index (κ3) is 3.52. The lowest BCUT2D eigenvalue weighted by Crippen LogP contribution is -2.63. The van der Waals surface area contributed by atoms with Crippen molar-refractivity contribution in [3.8, 4) is 0 Å². The second-order valence-corrected chi connectivity index (χ2v) is 11.0.